The fourth-order valence-corrected chi connectivity index (χ4v) is 3.91. The predicted octanol–water partition coefficient (Wildman–Crippen LogP) is 2.35. The molecule has 0 spiro atoms. The fraction of sp³-hybridized carbons (Fsp3) is 0.348. The number of imidazole rings is 1. The van der Waals surface area contributed by atoms with E-state index in [0.717, 1.165) is 17.1 Å². The summed E-state index contributed by atoms with van der Waals surface area (Å²) in [5.74, 6) is -0.420. The number of nitrogens with one attached hydrogen (secondary N) is 1. The zero-order valence-electron chi connectivity index (χ0n) is 17.7. The second-order valence-corrected chi connectivity index (χ2v) is 7.83. The molecule has 0 aliphatic carbocycles. The predicted molar refractivity (Wildman–Crippen MR) is 115 cm³/mol. The minimum atomic E-state index is -0.745. The number of rotatable bonds is 6. The maximum Gasteiger partial charge on any atom is 0.256 e. The molecule has 4 rings (SSSR count). The summed E-state index contributed by atoms with van der Waals surface area (Å²) in [7, 11) is 0. The quantitative estimate of drug-likeness (QED) is 0.663. The first kappa shape index (κ1) is 20.7. The van der Waals surface area contributed by atoms with Crippen molar-refractivity contribution in [2.45, 2.75) is 38.8 Å². The van der Waals surface area contributed by atoms with Crippen LogP contribution in [-0.4, -0.2) is 49.3 Å². The Morgan fingerprint density at radius 3 is 2.74 bits per heavy atom. The number of carbonyl (C=O) groups is 2. The summed E-state index contributed by atoms with van der Waals surface area (Å²) in [4.78, 5) is 41.2. The highest BCUT2D eigenvalue weighted by molar-refractivity contribution is 5.98. The van der Waals surface area contributed by atoms with Gasteiger partial charge in [-0.2, -0.15) is 0 Å². The molecule has 0 saturated heterocycles. The SMILES string of the molecule is CC(C)n1cnc2c1[C@H](C(=O)NCCc1ccccn1)N(C(=O)c1cccnc1)CC2. The fourth-order valence-electron chi connectivity index (χ4n) is 3.91. The van der Waals surface area contributed by atoms with E-state index in [4.69, 9.17) is 0 Å². The Kier molecular flexibility index (Phi) is 6.06. The molecular weight excluding hydrogens is 392 g/mol. The van der Waals surface area contributed by atoms with E-state index in [9.17, 15) is 9.59 Å². The van der Waals surface area contributed by atoms with Crippen LogP contribution in [0.15, 0.2) is 55.2 Å². The summed E-state index contributed by atoms with van der Waals surface area (Å²) in [6.45, 7) is 4.94. The number of hydrogen-bond donors (Lipinski definition) is 1. The molecule has 1 aliphatic rings. The molecule has 0 radical (unpaired) electrons. The maximum absolute atomic E-state index is 13.4. The Morgan fingerprint density at radius 2 is 2.03 bits per heavy atom. The van der Waals surface area contributed by atoms with Crippen LogP contribution in [0.3, 0.4) is 0 Å². The van der Waals surface area contributed by atoms with Gasteiger partial charge in [0.25, 0.3) is 5.91 Å². The van der Waals surface area contributed by atoms with Crippen molar-refractivity contribution in [3.63, 3.8) is 0 Å². The van der Waals surface area contributed by atoms with E-state index in [0.29, 0.717) is 31.5 Å². The molecule has 2 amide bonds. The van der Waals surface area contributed by atoms with Crippen LogP contribution in [-0.2, 0) is 17.6 Å². The van der Waals surface area contributed by atoms with E-state index >= 15 is 0 Å². The number of pyridine rings is 2. The summed E-state index contributed by atoms with van der Waals surface area (Å²) in [5, 5.41) is 3.00. The molecule has 1 aliphatic heterocycles. The Balaban J connectivity index is 1.61. The molecule has 4 heterocycles. The van der Waals surface area contributed by atoms with Crippen molar-refractivity contribution in [2.24, 2.45) is 0 Å². The average molecular weight is 419 g/mol. The highest BCUT2D eigenvalue weighted by atomic mass is 16.2. The first-order valence-electron chi connectivity index (χ1n) is 10.5. The van der Waals surface area contributed by atoms with Gasteiger partial charge in [-0.05, 0) is 38.1 Å². The van der Waals surface area contributed by atoms with Crippen LogP contribution in [0.25, 0.3) is 0 Å². The van der Waals surface area contributed by atoms with Crippen molar-refractivity contribution in [1.29, 1.82) is 0 Å². The van der Waals surface area contributed by atoms with Crippen LogP contribution in [0.4, 0.5) is 0 Å². The second kappa shape index (κ2) is 9.07. The molecule has 1 atom stereocenters. The molecule has 8 nitrogen and oxygen atoms in total. The third-order valence-corrected chi connectivity index (χ3v) is 5.45. The van der Waals surface area contributed by atoms with Crippen molar-refractivity contribution in [2.75, 3.05) is 13.1 Å². The van der Waals surface area contributed by atoms with Crippen molar-refractivity contribution >= 4 is 11.8 Å². The number of carbonyl (C=O) groups excluding carboxylic acids is 2. The first-order chi connectivity index (χ1) is 15.1. The molecule has 8 heteroatoms. The molecule has 160 valence electrons. The van der Waals surface area contributed by atoms with E-state index in [1.807, 2.05) is 36.6 Å². The Bertz CT molecular complexity index is 1050. The average Bonchev–Trinajstić information content (AvgIpc) is 3.23. The van der Waals surface area contributed by atoms with Gasteiger partial charge in [-0.15, -0.1) is 0 Å². The number of nitrogens with zero attached hydrogens (tertiary/aromatic N) is 5. The number of hydrogen-bond acceptors (Lipinski definition) is 5. The van der Waals surface area contributed by atoms with Gasteiger partial charge < -0.3 is 14.8 Å². The third-order valence-electron chi connectivity index (χ3n) is 5.45. The van der Waals surface area contributed by atoms with Crippen LogP contribution in [0.2, 0.25) is 0 Å². The van der Waals surface area contributed by atoms with Crippen molar-refractivity contribution in [1.82, 2.24) is 29.7 Å². The molecule has 0 fully saturated rings. The van der Waals surface area contributed by atoms with Gasteiger partial charge in [0.05, 0.1) is 23.3 Å². The van der Waals surface area contributed by atoms with Crippen LogP contribution < -0.4 is 5.32 Å². The smallest absolute Gasteiger partial charge is 0.256 e. The monoisotopic (exact) mass is 418 g/mol. The topological polar surface area (TPSA) is 93.0 Å². The van der Waals surface area contributed by atoms with E-state index in [-0.39, 0.29) is 17.9 Å². The standard InChI is InChI=1S/C23H26N6O2/c1-16(2)29-15-27-19-9-13-28(23(31)17-6-5-10-24-14-17)21(20(19)29)22(30)26-12-8-18-7-3-4-11-25-18/h3-7,10-11,14-16,21H,8-9,12-13H2,1-2H3,(H,26,30)/t21-/m1/s1. The van der Waals surface area contributed by atoms with Gasteiger partial charge in [-0.1, -0.05) is 6.07 Å². The molecule has 3 aromatic heterocycles. The summed E-state index contributed by atoms with van der Waals surface area (Å²) in [6.07, 6.45) is 7.89. The van der Waals surface area contributed by atoms with Crippen molar-refractivity contribution < 1.29 is 9.59 Å². The lowest BCUT2D eigenvalue weighted by Gasteiger charge is -2.36. The lowest BCUT2D eigenvalue weighted by molar-refractivity contribution is -0.126. The van der Waals surface area contributed by atoms with Gasteiger partial charge >= 0.3 is 0 Å². The lowest BCUT2D eigenvalue weighted by atomic mass is 9.99. The Morgan fingerprint density at radius 1 is 1.16 bits per heavy atom. The normalized spacial score (nSPS) is 15.6. The molecule has 0 bridgehead atoms. The van der Waals surface area contributed by atoms with Crippen LogP contribution in [0.5, 0.6) is 0 Å². The maximum atomic E-state index is 13.4. The number of amides is 2. The van der Waals surface area contributed by atoms with Crippen LogP contribution in [0, 0.1) is 0 Å². The summed E-state index contributed by atoms with van der Waals surface area (Å²) in [6, 6.07) is 8.53. The summed E-state index contributed by atoms with van der Waals surface area (Å²) >= 11 is 0. The number of fused-ring (bicyclic) bond motifs is 1. The zero-order chi connectivity index (χ0) is 21.8. The van der Waals surface area contributed by atoms with Gasteiger partial charge in [-0.25, -0.2) is 4.98 Å². The highest BCUT2D eigenvalue weighted by Crippen LogP contribution is 2.32. The van der Waals surface area contributed by atoms with E-state index < -0.39 is 6.04 Å². The van der Waals surface area contributed by atoms with Crippen molar-refractivity contribution in [3.05, 3.63) is 77.9 Å². The van der Waals surface area contributed by atoms with Gasteiger partial charge in [0.1, 0.15) is 0 Å². The second-order valence-electron chi connectivity index (χ2n) is 7.83. The molecule has 31 heavy (non-hydrogen) atoms. The van der Waals surface area contributed by atoms with E-state index in [2.05, 4.69) is 20.3 Å². The zero-order valence-corrected chi connectivity index (χ0v) is 17.7. The number of aromatic nitrogens is 4. The summed E-state index contributed by atoms with van der Waals surface area (Å²) < 4.78 is 1.99. The molecule has 1 N–H and O–H groups in total. The van der Waals surface area contributed by atoms with E-state index in [1.165, 1.54) is 6.20 Å². The molecule has 0 unspecified atom stereocenters. The Labute approximate surface area is 181 Å². The van der Waals surface area contributed by atoms with Gasteiger partial charge in [0, 0.05) is 56.3 Å². The molecule has 0 aromatic carbocycles. The summed E-state index contributed by atoms with van der Waals surface area (Å²) in [5.41, 5.74) is 3.03. The largest absolute Gasteiger partial charge is 0.354 e. The van der Waals surface area contributed by atoms with Gasteiger partial charge in [0.2, 0.25) is 5.91 Å². The minimum Gasteiger partial charge on any atom is -0.354 e. The minimum absolute atomic E-state index is 0.119. The van der Waals surface area contributed by atoms with E-state index in [1.54, 1.807) is 35.8 Å². The molecule has 0 saturated carbocycles. The van der Waals surface area contributed by atoms with Gasteiger partial charge in [0.15, 0.2) is 6.04 Å². The highest BCUT2D eigenvalue weighted by Gasteiger charge is 2.39. The molecule has 3 aromatic rings. The Hall–Kier alpha value is -3.55. The van der Waals surface area contributed by atoms with Crippen LogP contribution >= 0.6 is 0 Å². The third kappa shape index (κ3) is 4.33. The first-order valence-corrected chi connectivity index (χ1v) is 10.5. The van der Waals surface area contributed by atoms with Gasteiger partial charge in [-0.3, -0.25) is 19.6 Å². The van der Waals surface area contributed by atoms with Crippen molar-refractivity contribution in [3.8, 4) is 0 Å². The molecular formula is C23H26N6O2. The van der Waals surface area contributed by atoms with Crippen LogP contribution in [0.1, 0.15) is 53.4 Å². The lowest BCUT2D eigenvalue weighted by Crippen LogP contribution is -2.48.